The van der Waals surface area contributed by atoms with Crippen LogP contribution in [-0.2, 0) is 0 Å². The van der Waals surface area contributed by atoms with E-state index in [9.17, 15) is 0 Å². The molecule has 43 heavy (non-hydrogen) atoms. The van der Waals surface area contributed by atoms with Gasteiger partial charge in [0.05, 0.1) is 0 Å². The Morgan fingerprint density at radius 2 is 0.442 bits per heavy atom. The van der Waals surface area contributed by atoms with Crippen molar-refractivity contribution in [3.8, 4) is 0 Å². The lowest BCUT2D eigenvalue weighted by molar-refractivity contribution is 0.510. The number of rotatable bonds is 40. The van der Waals surface area contributed by atoms with E-state index in [0.717, 1.165) is 19.5 Å². The smallest absolute Gasteiger partial charge is 0.00369 e. The number of hydrogen-bond donors (Lipinski definition) is 2. The first kappa shape index (κ1) is 42.9. The van der Waals surface area contributed by atoms with Crippen molar-refractivity contribution in [1.29, 1.82) is 0 Å². The molecule has 0 fully saturated rings. The zero-order valence-corrected chi connectivity index (χ0v) is 30.4. The van der Waals surface area contributed by atoms with Gasteiger partial charge in [0.15, 0.2) is 0 Å². The average Bonchev–Trinajstić information content (AvgIpc) is 3.02. The molecule has 0 aromatic rings. The van der Waals surface area contributed by atoms with E-state index in [1.165, 1.54) is 238 Å². The van der Waals surface area contributed by atoms with Gasteiger partial charge in [-0.25, -0.2) is 0 Å². The molecule has 0 saturated carbocycles. The number of unbranched alkanes of at least 4 members (excludes halogenated alkanes) is 35. The summed E-state index contributed by atoms with van der Waals surface area (Å²) in [6.45, 7) is 5.39. The maximum Gasteiger partial charge on any atom is -0.00369 e. The molecule has 3 N–H and O–H groups in total. The van der Waals surface area contributed by atoms with Crippen molar-refractivity contribution in [2.75, 3.05) is 19.6 Å². The Morgan fingerprint density at radius 3 is 0.651 bits per heavy atom. The van der Waals surface area contributed by atoms with Gasteiger partial charge in [0.1, 0.15) is 0 Å². The average molecular weight is 607 g/mol. The van der Waals surface area contributed by atoms with E-state index in [2.05, 4.69) is 12.2 Å². The van der Waals surface area contributed by atoms with Gasteiger partial charge in [-0.05, 0) is 32.5 Å². The Kier molecular flexibility index (Phi) is 41.8. The molecule has 0 radical (unpaired) electrons. The fraction of sp³-hybridized carbons (Fsp3) is 1.00. The van der Waals surface area contributed by atoms with Gasteiger partial charge in [-0.2, -0.15) is 0 Å². The molecule has 0 aliphatic rings. The fourth-order valence-corrected chi connectivity index (χ4v) is 6.69. The molecule has 0 atom stereocenters. The SMILES string of the molecule is CCCCCCCCCCCCCCCCCCCCCCCCCCCCCCCCCCCCCCNCCCN. The van der Waals surface area contributed by atoms with Gasteiger partial charge in [-0.1, -0.05) is 232 Å². The number of nitrogens with two attached hydrogens (primary N) is 1. The largest absolute Gasteiger partial charge is 0.330 e. The van der Waals surface area contributed by atoms with Crippen LogP contribution in [0, 0.1) is 0 Å². The Hall–Kier alpha value is -0.0800. The molecular formula is C41H86N2. The van der Waals surface area contributed by atoms with Gasteiger partial charge in [-0.3, -0.25) is 0 Å². The zero-order valence-electron chi connectivity index (χ0n) is 30.4. The Labute approximate surface area is 274 Å². The summed E-state index contributed by atoms with van der Waals surface area (Å²) >= 11 is 0. The zero-order chi connectivity index (χ0) is 31.0. The lowest BCUT2D eigenvalue weighted by atomic mass is 10.0. The van der Waals surface area contributed by atoms with Crippen molar-refractivity contribution >= 4 is 0 Å². The molecule has 0 unspecified atom stereocenters. The van der Waals surface area contributed by atoms with Crippen LogP contribution in [0.1, 0.15) is 244 Å². The second-order valence-electron chi connectivity index (χ2n) is 14.3. The lowest BCUT2D eigenvalue weighted by Gasteiger charge is -2.05. The summed E-state index contributed by atoms with van der Waals surface area (Å²) in [5.74, 6) is 0. The first-order valence-corrected chi connectivity index (χ1v) is 20.8. The van der Waals surface area contributed by atoms with Crippen LogP contribution < -0.4 is 11.1 Å². The molecule has 0 spiro atoms. The second kappa shape index (κ2) is 41.9. The van der Waals surface area contributed by atoms with Crippen LogP contribution in [-0.4, -0.2) is 19.6 Å². The normalized spacial score (nSPS) is 11.6. The van der Waals surface area contributed by atoms with Crippen LogP contribution in [0.3, 0.4) is 0 Å². The van der Waals surface area contributed by atoms with Gasteiger partial charge in [0.25, 0.3) is 0 Å². The standard InChI is InChI=1S/C41H86N2/c1-2-3-4-5-6-7-8-9-10-11-12-13-14-15-16-17-18-19-20-21-22-23-24-25-26-27-28-29-30-31-32-33-34-35-36-37-40-43-41-38-39-42/h43H,2-42H2,1H3. The minimum absolute atomic E-state index is 0.812. The van der Waals surface area contributed by atoms with E-state index < -0.39 is 0 Å². The monoisotopic (exact) mass is 607 g/mol. The molecular weight excluding hydrogens is 520 g/mol. The summed E-state index contributed by atoms with van der Waals surface area (Å²) in [6, 6.07) is 0. The van der Waals surface area contributed by atoms with E-state index in [1.54, 1.807) is 0 Å². The molecule has 0 aliphatic carbocycles. The molecule has 2 heteroatoms. The molecule has 260 valence electrons. The molecule has 2 nitrogen and oxygen atoms in total. The van der Waals surface area contributed by atoms with Crippen molar-refractivity contribution in [1.82, 2.24) is 5.32 Å². The predicted octanol–water partition coefficient (Wildman–Crippen LogP) is 14.0. The van der Waals surface area contributed by atoms with E-state index in [1.807, 2.05) is 0 Å². The predicted molar refractivity (Wildman–Crippen MR) is 198 cm³/mol. The van der Waals surface area contributed by atoms with Gasteiger partial charge < -0.3 is 11.1 Å². The third kappa shape index (κ3) is 41.9. The highest BCUT2D eigenvalue weighted by Gasteiger charge is 1.98. The number of hydrogen-bond acceptors (Lipinski definition) is 2. The molecule has 0 aromatic carbocycles. The van der Waals surface area contributed by atoms with Gasteiger partial charge in [-0.15, -0.1) is 0 Å². The summed E-state index contributed by atoms with van der Waals surface area (Å²) in [4.78, 5) is 0. The highest BCUT2D eigenvalue weighted by atomic mass is 14.8. The Balaban J connectivity index is 3.02. The van der Waals surface area contributed by atoms with Gasteiger partial charge >= 0.3 is 0 Å². The van der Waals surface area contributed by atoms with E-state index in [-0.39, 0.29) is 0 Å². The van der Waals surface area contributed by atoms with Crippen LogP contribution in [0.15, 0.2) is 0 Å². The maximum absolute atomic E-state index is 5.51. The first-order valence-electron chi connectivity index (χ1n) is 20.8. The van der Waals surface area contributed by atoms with Crippen molar-refractivity contribution < 1.29 is 0 Å². The molecule has 0 bridgehead atoms. The van der Waals surface area contributed by atoms with E-state index in [4.69, 9.17) is 5.73 Å². The topological polar surface area (TPSA) is 38.0 Å². The van der Waals surface area contributed by atoms with Crippen LogP contribution in [0.4, 0.5) is 0 Å². The van der Waals surface area contributed by atoms with Crippen LogP contribution in [0.2, 0.25) is 0 Å². The molecule has 0 amide bonds. The summed E-state index contributed by atoms with van der Waals surface area (Å²) in [7, 11) is 0. The van der Waals surface area contributed by atoms with Crippen LogP contribution >= 0.6 is 0 Å². The minimum Gasteiger partial charge on any atom is -0.330 e. The van der Waals surface area contributed by atoms with Crippen LogP contribution in [0.5, 0.6) is 0 Å². The second-order valence-corrected chi connectivity index (χ2v) is 14.3. The lowest BCUT2D eigenvalue weighted by Crippen LogP contribution is -2.19. The molecule has 0 saturated heterocycles. The highest BCUT2D eigenvalue weighted by Crippen LogP contribution is 2.17. The first-order chi connectivity index (χ1) is 21.4. The Morgan fingerprint density at radius 1 is 0.256 bits per heavy atom. The summed E-state index contributed by atoms with van der Waals surface area (Å²) < 4.78 is 0. The summed E-state index contributed by atoms with van der Waals surface area (Å²) in [5.41, 5.74) is 5.51. The van der Waals surface area contributed by atoms with Gasteiger partial charge in [0.2, 0.25) is 0 Å². The third-order valence-corrected chi connectivity index (χ3v) is 9.76. The third-order valence-electron chi connectivity index (χ3n) is 9.76. The Bertz CT molecular complexity index is 411. The summed E-state index contributed by atoms with van der Waals surface area (Å²) in [6.07, 6.45) is 54.1. The molecule has 0 heterocycles. The van der Waals surface area contributed by atoms with Crippen molar-refractivity contribution in [2.45, 2.75) is 244 Å². The van der Waals surface area contributed by atoms with Crippen molar-refractivity contribution in [3.63, 3.8) is 0 Å². The molecule has 0 aliphatic heterocycles. The number of nitrogens with one attached hydrogen (secondary N) is 1. The minimum atomic E-state index is 0.812. The van der Waals surface area contributed by atoms with Crippen molar-refractivity contribution in [2.24, 2.45) is 5.73 Å². The van der Waals surface area contributed by atoms with Crippen LogP contribution in [0.25, 0.3) is 0 Å². The molecule has 0 rings (SSSR count). The quantitative estimate of drug-likeness (QED) is 0.0681. The van der Waals surface area contributed by atoms with Gasteiger partial charge in [0, 0.05) is 0 Å². The van der Waals surface area contributed by atoms with E-state index in [0.29, 0.717) is 0 Å². The highest BCUT2D eigenvalue weighted by molar-refractivity contribution is 4.54. The summed E-state index contributed by atoms with van der Waals surface area (Å²) in [5, 5.41) is 3.48. The molecule has 0 aromatic heterocycles. The van der Waals surface area contributed by atoms with E-state index >= 15 is 0 Å². The maximum atomic E-state index is 5.51. The van der Waals surface area contributed by atoms with Crippen molar-refractivity contribution in [3.05, 3.63) is 0 Å². The fourth-order valence-electron chi connectivity index (χ4n) is 6.69.